The Balaban J connectivity index is 2.30. The van der Waals surface area contributed by atoms with Crippen molar-refractivity contribution in [3.05, 3.63) is 34.9 Å². The number of rotatable bonds is 8. The zero-order valence-electron chi connectivity index (χ0n) is 15.9. The number of carbonyl (C=O) groups is 2. The molecular weight excluding hydrogens is 312 g/mol. The Morgan fingerprint density at radius 2 is 2.12 bits per heavy atom. The molecule has 3 unspecified atom stereocenters. The van der Waals surface area contributed by atoms with Gasteiger partial charge in [-0.05, 0) is 48.8 Å². The Hall–Kier alpha value is -1.48. The molecule has 0 bridgehead atoms. The molecule has 25 heavy (non-hydrogen) atoms. The number of aldehydes is 1. The van der Waals surface area contributed by atoms with E-state index in [1.54, 1.807) is 0 Å². The predicted molar refractivity (Wildman–Crippen MR) is 101 cm³/mol. The monoisotopic (exact) mass is 344 g/mol. The minimum atomic E-state index is -1.53. The van der Waals surface area contributed by atoms with Crippen LogP contribution in [-0.4, -0.2) is 22.8 Å². The Labute approximate surface area is 151 Å². The molecule has 138 valence electrons. The smallest absolute Gasteiger partial charge is 0.195 e. The van der Waals surface area contributed by atoms with Gasteiger partial charge in [0, 0.05) is 5.56 Å². The summed E-state index contributed by atoms with van der Waals surface area (Å²) in [6.07, 6.45) is 7.82. The molecule has 0 amide bonds. The summed E-state index contributed by atoms with van der Waals surface area (Å²) >= 11 is 0. The summed E-state index contributed by atoms with van der Waals surface area (Å²) in [4.78, 5) is 24.4. The van der Waals surface area contributed by atoms with E-state index in [9.17, 15) is 14.7 Å². The van der Waals surface area contributed by atoms with Gasteiger partial charge in [0.05, 0.1) is 5.92 Å². The van der Waals surface area contributed by atoms with Gasteiger partial charge in [-0.2, -0.15) is 0 Å². The molecule has 3 atom stereocenters. The van der Waals surface area contributed by atoms with Crippen LogP contribution in [0, 0.1) is 5.92 Å². The minimum Gasteiger partial charge on any atom is -0.381 e. The summed E-state index contributed by atoms with van der Waals surface area (Å²) in [5, 5.41) is 10.9. The number of Topliss-reactive ketones (excluding diaryl/α,β-unsaturated/α-hetero) is 1. The number of unbranched alkanes of at least 4 members (excludes halogenated alkanes) is 1. The molecule has 0 spiro atoms. The first-order valence-electron chi connectivity index (χ1n) is 9.83. The molecule has 1 aromatic carbocycles. The van der Waals surface area contributed by atoms with Crippen LogP contribution in [0.2, 0.25) is 0 Å². The third kappa shape index (κ3) is 4.20. The largest absolute Gasteiger partial charge is 0.381 e. The molecule has 3 nitrogen and oxygen atoms in total. The summed E-state index contributed by atoms with van der Waals surface area (Å²) in [6, 6.07) is 5.83. The van der Waals surface area contributed by atoms with E-state index in [1.165, 1.54) is 24.0 Å². The second kappa shape index (κ2) is 8.75. The molecule has 1 N–H and O–H groups in total. The SMILES string of the molecule is CCCCC(C)c1ccc(C(=O)C2(O)CCCCC2C=O)cc1CC. The molecule has 1 fully saturated rings. The molecule has 1 aliphatic rings. The first-order chi connectivity index (χ1) is 12.0. The van der Waals surface area contributed by atoms with Crippen LogP contribution in [0.15, 0.2) is 18.2 Å². The predicted octanol–water partition coefficient (Wildman–Crippen LogP) is 4.85. The number of hydrogen-bond donors (Lipinski definition) is 1. The van der Waals surface area contributed by atoms with Crippen LogP contribution in [0.3, 0.4) is 0 Å². The summed E-state index contributed by atoms with van der Waals surface area (Å²) in [6.45, 7) is 6.54. The van der Waals surface area contributed by atoms with E-state index in [0.29, 0.717) is 24.3 Å². The quantitative estimate of drug-likeness (QED) is 0.542. The van der Waals surface area contributed by atoms with E-state index >= 15 is 0 Å². The third-order valence-corrected chi connectivity index (χ3v) is 5.80. The van der Waals surface area contributed by atoms with Crippen LogP contribution in [0.1, 0.15) is 93.1 Å². The lowest BCUT2D eigenvalue weighted by molar-refractivity contribution is -0.120. The van der Waals surface area contributed by atoms with Crippen LogP contribution < -0.4 is 0 Å². The van der Waals surface area contributed by atoms with Gasteiger partial charge in [-0.15, -0.1) is 0 Å². The van der Waals surface area contributed by atoms with Gasteiger partial charge < -0.3 is 9.90 Å². The highest BCUT2D eigenvalue weighted by atomic mass is 16.3. The molecule has 1 saturated carbocycles. The van der Waals surface area contributed by atoms with Crippen LogP contribution in [-0.2, 0) is 11.2 Å². The Morgan fingerprint density at radius 1 is 1.36 bits per heavy atom. The van der Waals surface area contributed by atoms with Crippen molar-refractivity contribution in [2.75, 3.05) is 0 Å². The highest BCUT2D eigenvalue weighted by Gasteiger charge is 2.45. The van der Waals surface area contributed by atoms with Crippen molar-refractivity contribution >= 4 is 12.1 Å². The summed E-state index contributed by atoms with van der Waals surface area (Å²) in [5.74, 6) is -0.395. The van der Waals surface area contributed by atoms with Gasteiger partial charge in [0.1, 0.15) is 11.9 Å². The van der Waals surface area contributed by atoms with E-state index < -0.39 is 11.5 Å². The molecule has 0 aromatic heterocycles. The lowest BCUT2D eigenvalue weighted by Crippen LogP contribution is -2.48. The van der Waals surface area contributed by atoms with Crippen molar-refractivity contribution in [2.24, 2.45) is 5.92 Å². The number of benzene rings is 1. The fraction of sp³-hybridized carbons (Fsp3) is 0.636. The van der Waals surface area contributed by atoms with Crippen molar-refractivity contribution in [3.8, 4) is 0 Å². The molecular formula is C22H32O3. The summed E-state index contributed by atoms with van der Waals surface area (Å²) in [5.41, 5.74) is 1.49. The average Bonchev–Trinajstić information content (AvgIpc) is 2.65. The third-order valence-electron chi connectivity index (χ3n) is 5.80. The molecule has 0 radical (unpaired) electrons. The van der Waals surface area contributed by atoms with Crippen molar-refractivity contribution in [1.82, 2.24) is 0 Å². The topological polar surface area (TPSA) is 54.4 Å². The molecule has 0 saturated heterocycles. The molecule has 1 aromatic rings. The number of aryl methyl sites for hydroxylation is 1. The van der Waals surface area contributed by atoms with Crippen molar-refractivity contribution < 1.29 is 14.7 Å². The zero-order chi connectivity index (χ0) is 18.4. The van der Waals surface area contributed by atoms with Crippen molar-refractivity contribution in [1.29, 1.82) is 0 Å². The normalized spacial score (nSPS) is 24.7. The molecule has 0 aliphatic heterocycles. The van der Waals surface area contributed by atoms with E-state index in [1.807, 2.05) is 12.1 Å². The summed E-state index contributed by atoms with van der Waals surface area (Å²) in [7, 11) is 0. The van der Waals surface area contributed by atoms with Crippen LogP contribution in [0.5, 0.6) is 0 Å². The van der Waals surface area contributed by atoms with Crippen molar-refractivity contribution in [2.45, 2.75) is 83.7 Å². The summed E-state index contributed by atoms with van der Waals surface area (Å²) < 4.78 is 0. The number of carbonyl (C=O) groups excluding carboxylic acids is 2. The lowest BCUT2D eigenvalue weighted by atomic mass is 9.72. The van der Waals surface area contributed by atoms with E-state index in [-0.39, 0.29) is 5.78 Å². The highest BCUT2D eigenvalue weighted by molar-refractivity contribution is 6.04. The van der Waals surface area contributed by atoms with Crippen LogP contribution >= 0.6 is 0 Å². The Kier molecular flexibility index (Phi) is 6.95. The maximum atomic E-state index is 13.0. The fourth-order valence-corrected chi connectivity index (χ4v) is 4.10. The maximum absolute atomic E-state index is 13.0. The van der Waals surface area contributed by atoms with Gasteiger partial charge in [0.15, 0.2) is 5.78 Å². The lowest BCUT2D eigenvalue weighted by Gasteiger charge is -2.35. The van der Waals surface area contributed by atoms with E-state index in [4.69, 9.17) is 0 Å². The van der Waals surface area contributed by atoms with Gasteiger partial charge in [-0.25, -0.2) is 0 Å². The van der Waals surface area contributed by atoms with Gasteiger partial charge in [-0.1, -0.05) is 58.6 Å². The molecule has 3 heteroatoms. The zero-order valence-corrected chi connectivity index (χ0v) is 15.9. The molecule has 1 aliphatic carbocycles. The van der Waals surface area contributed by atoms with Gasteiger partial charge in [0.25, 0.3) is 0 Å². The molecule has 0 heterocycles. The van der Waals surface area contributed by atoms with Crippen molar-refractivity contribution in [3.63, 3.8) is 0 Å². The van der Waals surface area contributed by atoms with Gasteiger partial charge in [0.2, 0.25) is 0 Å². The van der Waals surface area contributed by atoms with Crippen LogP contribution in [0.25, 0.3) is 0 Å². The number of hydrogen-bond acceptors (Lipinski definition) is 3. The minimum absolute atomic E-state index is 0.285. The van der Waals surface area contributed by atoms with Gasteiger partial charge >= 0.3 is 0 Å². The first-order valence-corrected chi connectivity index (χ1v) is 9.83. The first kappa shape index (κ1) is 19.8. The molecule has 2 rings (SSSR count). The number of aliphatic hydroxyl groups is 1. The van der Waals surface area contributed by atoms with E-state index in [2.05, 4.69) is 26.8 Å². The standard InChI is InChI=1S/C22H32O3/c1-4-6-9-16(3)20-12-11-18(14-17(20)5-2)21(24)22(25)13-8-7-10-19(22)15-23/h11-12,14-16,19,25H,4-10,13H2,1-3H3. The van der Waals surface area contributed by atoms with E-state index in [0.717, 1.165) is 32.0 Å². The Morgan fingerprint density at radius 3 is 2.76 bits per heavy atom. The van der Waals surface area contributed by atoms with Crippen LogP contribution in [0.4, 0.5) is 0 Å². The average molecular weight is 344 g/mol. The number of ketones is 1. The Bertz CT molecular complexity index is 607. The van der Waals surface area contributed by atoms with Gasteiger partial charge in [-0.3, -0.25) is 4.79 Å². The maximum Gasteiger partial charge on any atom is 0.195 e. The second-order valence-corrected chi connectivity index (χ2v) is 7.55. The fourth-order valence-electron chi connectivity index (χ4n) is 4.10. The second-order valence-electron chi connectivity index (χ2n) is 7.55. The highest BCUT2D eigenvalue weighted by Crippen LogP contribution is 2.36.